The summed E-state index contributed by atoms with van der Waals surface area (Å²) in [6, 6.07) is 13.9. The Balaban J connectivity index is 1.41. The number of amides is 1. The number of nitrogens with one attached hydrogen (secondary N) is 1. The Morgan fingerprint density at radius 2 is 1.62 bits per heavy atom. The minimum absolute atomic E-state index is 0.00617. The molecule has 1 heterocycles. The van der Waals surface area contributed by atoms with Gasteiger partial charge in [-0.1, -0.05) is 42.5 Å². The molecule has 7 N–H and O–H groups in total. The van der Waals surface area contributed by atoms with Crippen LogP contribution in [-0.2, 0) is 20.6 Å². The predicted octanol–water partition coefficient (Wildman–Crippen LogP) is 3.07. The lowest BCUT2D eigenvalue weighted by Crippen LogP contribution is -2.53. The topological polar surface area (TPSA) is 198 Å². The van der Waals surface area contributed by atoms with Crippen LogP contribution >= 0.6 is 0 Å². The maximum absolute atomic E-state index is 13.6. The molecule has 45 heavy (non-hydrogen) atoms. The Labute approximate surface area is 258 Å². The van der Waals surface area contributed by atoms with E-state index in [1.165, 1.54) is 19.1 Å². The Morgan fingerprint density at radius 3 is 2.24 bits per heavy atom. The molecule has 6 rings (SSSR count). The van der Waals surface area contributed by atoms with Crippen molar-refractivity contribution in [2.75, 3.05) is 5.32 Å². The summed E-state index contributed by atoms with van der Waals surface area (Å²) in [5, 5.41) is 48.1. The van der Waals surface area contributed by atoms with E-state index in [2.05, 4.69) is 5.32 Å². The number of carbonyl (C=O) groups is 3. The number of nitrogens with two attached hydrogens (primary N) is 1. The molecule has 1 saturated heterocycles. The van der Waals surface area contributed by atoms with Crippen LogP contribution in [0.4, 0.5) is 10.5 Å². The number of carbonyl (C=O) groups excluding carboxylic acids is 3. The van der Waals surface area contributed by atoms with Crippen LogP contribution in [0.25, 0.3) is 0 Å². The summed E-state index contributed by atoms with van der Waals surface area (Å²) in [5.74, 6) is -2.49. The molecule has 3 aromatic rings. The average Bonchev–Trinajstić information content (AvgIpc) is 3.00. The van der Waals surface area contributed by atoms with E-state index in [4.69, 9.17) is 19.9 Å². The molecular formula is C33H34N2O10. The molecule has 0 aromatic heterocycles. The summed E-state index contributed by atoms with van der Waals surface area (Å²) in [4.78, 5) is 39.9. The Bertz CT molecular complexity index is 1670. The van der Waals surface area contributed by atoms with Crippen molar-refractivity contribution in [3.8, 4) is 11.5 Å². The SMILES string of the molecule is C[C@@H]1OC(O[C@H]2C[C@](O)([C@@H](C)OC(=O)Nc3ccccc3)Cc3c(O)c4c(c(O)c32)C(=O)c2ccccc2C4=O)C[C@H](N)[C@@H]1O. The Hall–Kier alpha value is -4.33. The average molecular weight is 619 g/mol. The van der Waals surface area contributed by atoms with E-state index in [1.807, 2.05) is 0 Å². The molecule has 2 aliphatic carbocycles. The summed E-state index contributed by atoms with van der Waals surface area (Å²) < 4.78 is 17.6. The molecule has 3 aromatic carbocycles. The van der Waals surface area contributed by atoms with Gasteiger partial charge in [0.25, 0.3) is 0 Å². The first kappa shape index (κ1) is 30.7. The highest BCUT2D eigenvalue weighted by atomic mass is 16.7. The molecule has 7 atom stereocenters. The van der Waals surface area contributed by atoms with Crippen LogP contribution < -0.4 is 11.1 Å². The van der Waals surface area contributed by atoms with E-state index in [0.29, 0.717) is 5.69 Å². The van der Waals surface area contributed by atoms with Gasteiger partial charge in [-0.15, -0.1) is 0 Å². The van der Waals surface area contributed by atoms with Gasteiger partial charge in [-0.3, -0.25) is 14.9 Å². The molecule has 0 saturated carbocycles. The first-order valence-electron chi connectivity index (χ1n) is 14.7. The summed E-state index contributed by atoms with van der Waals surface area (Å²) in [5.41, 5.74) is 4.02. The zero-order valence-corrected chi connectivity index (χ0v) is 24.6. The van der Waals surface area contributed by atoms with Crippen molar-refractivity contribution in [3.63, 3.8) is 0 Å². The number of benzene rings is 3. The predicted molar refractivity (Wildman–Crippen MR) is 159 cm³/mol. The molecule has 1 aliphatic heterocycles. The summed E-state index contributed by atoms with van der Waals surface area (Å²) in [6.07, 6.45) is -6.49. The summed E-state index contributed by atoms with van der Waals surface area (Å²) >= 11 is 0. The minimum Gasteiger partial charge on any atom is -0.507 e. The number of rotatable bonds is 5. The molecule has 0 spiro atoms. The molecule has 12 heteroatoms. The molecule has 0 bridgehead atoms. The fourth-order valence-corrected chi connectivity index (χ4v) is 6.43. The van der Waals surface area contributed by atoms with Crippen molar-refractivity contribution in [2.45, 2.75) is 75.5 Å². The maximum atomic E-state index is 13.6. The summed E-state index contributed by atoms with van der Waals surface area (Å²) in [7, 11) is 0. The van der Waals surface area contributed by atoms with E-state index < -0.39 is 71.5 Å². The second-order valence-electron chi connectivity index (χ2n) is 11.9. The number of hydrogen-bond acceptors (Lipinski definition) is 11. The number of para-hydroxylation sites is 1. The maximum Gasteiger partial charge on any atom is 0.411 e. The van der Waals surface area contributed by atoms with Crippen molar-refractivity contribution < 1.29 is 49.0 Å². The van der Waals surface area contributed by atoms with E-state index >= 15 is 0 Å². The quantitative estimate of drug-likeness (QED) is 0.180. The van der Waals surface area contributed by atoms with Gasteiger partial charge >= 0.3 is 6.09 Å². The van der Waals surface area contributed by atoms with Crippen LogP contribution in [0.5, 0.6) is 11.5 Å². The normalized spacial score (nSPS) is 28.0. The smallest absolute Gasteiger partial charge is 0.411 e. The van der Waals surface area contributed by atoms with Crippen LogP contribution in [0, 0.1) is 0 Å². The minimum atomic E-state index is -1.88. The van der Waals surface area contributed by atoms with Crippen LogP contribution in [0.1, 0.15) is 75.8 Å². The number of hydrogen-bond donors (Lipinski definition) is 6. The summed E-state index contributed by atoms with van der Waals surface area (Å²) in [6.45, 7) is 3.09. The third-order valence-corrected chi connectivity index (χ3v) is 8.93. The monoisotopic (exact) mass is 618 g/mol. The number of phenolic OH excluding ortho intramolecular Hbond substituents is 2. The van der Waals surface area contributed by atoms with Crippen molar-refractivity contribution in [3.05, 3.63) is 88.0 Å². The van der Waals surface area contributed by atoms with Crippen LogP contribution in [-0.4, -0.2) is 74.3 Å². The van der Waals surface area contributed by atoms with E-state index in [-0.39, 0.29) is 52.6 Å². The molecule has 1 unspecified atom stereocenters. The highest BCUT2D eigenvalue weighted by Gasteiger charge is 2.50. The van der Waals surface area contributed by atoms with E-state index in [0.717, 1.165) is 0 Å². The van der Waals surface area contributed by atoms with Gasteiger partial charge in [-0.25, -0.2) is 4.79 Å². The van der Waals surface area contributed by atoms with E-state index in [1.54, 1.807) is 49.4 Å². The van der Waals surface area contributed by atoms with Gasteiger partial charge in [0.1, 0.15) is 23.2 Å². The molecule has 3 aliphatic rings. The lowest BCUT2D eigenvalue weighted by molar-refractivity contribution is -0.250. The number of phenols is 2. The van der Waals surface area contributed by atoms with Gasteiger partial charge in [0.05, 0.1) is 29.4 Å². The van der Waals surface area contributed by atoms with Gasteiger partial charge in [0.15, 0.2) is 17.9 Å². The first-order valence-corrected chi connectivity index (χ1v) is 14.7. The number of fused-ring (bicyclic) bond motifs is 3. The molecule has 0 radical (unpaired) electrons. The number of anilines is 1. The number of aromatic hydroxyl groups is 2. The lowest BCUT2D eigenvalue weighted by atomic mass is 9.71. The van der Waals surface area contributed by atoms with Crippen molar-refractivity contribution >= 4 is 23.3 Å². The lowest BCUT2D eigenvalue weighted by Gasteiger charge is -2.44. The second kappa shape index (κ2) is 11.5. The van der Waals surface area contributed by atoms with Crippen molar-refractivity contribution in [1.29, 1.82) is 0 Å². The zero-order chi connectivity index (χ0) is 32.2. The van der Waals surface area contributed by atoms with Crippen molar-refractivity contribution in [2.24, 2.45) is 5.73 Å². The second-order valence-corrected chi connectivity index (χ2v) is 11.9. The fraction of sp³-hybridized carbons (Fsp3) is 0.364. The van der Waals surface area contributed by atoms with E-state index in [9.17, 15) is 34.8 Å². The Morgan fingerprint density at radius 1 is 1.02 bits per heavy atom. The number of aliphatic hydroxyl groups excluding tert-OH is 1. The van der Waals surface area contributed by atoms with Gasteiger partial charge in [0, 0.05) is 53.2 Å². The number of aliphatic hydroxyl groups is 2. The standard InChI is InChI=1S/C33H34N2O10/c1-15-27(36)21(34)12-23(43-15)45-22-14-33(42,16(2)44-32(41)35-17-8-4-3-5-9-17)13-20-24(22)31(40)26-25(30(20)39)28(37)18-10-6-7-11-19(18)29(26)38/h3-11,15-16,21-23,27,36,39-40,42H,12-14,34H2,1-2H3,(H,35,41)/t15-,16+,21-,22-,23?,27+,33-/m0/s1. The molecule has 1 amide bonds. The zero-order valence-electron chi connectivity index (χ0n) is 24.6. The molecule has 236 valence electrons. The molecule has 12 nitrogen and oxygen atoms in total. The molecule has 1 fully saturated rings. The highest BCUT2D eigenvalue weighted by molar-refractivity contribution is 6.30. The third-order valence-electron chi connectivity index (χ3n) is 8.93. The van der Waals surface area contributed by atoms with Crippen LogP contribution in [0.2, 0.25) is 0 Å². The van der Waals surface area contributed by atoms with Crippen LogP contribution in [0.3, 0.4) is 0 Å². The molecular weight excluding hydrogens is 584 g/mol. The highest BCUT2D eigenvalue weighted by Crippen LogP contribution is 2.52. The fourth-order valence-electron chi connectivity index (χ4n) is 6.43. The number of ketones is 2. The van der Waals surface area contributed by atoms with Crippen LogP contribution in [0.15, 0.2) is 54.6 Å². The van der Waals surface area contributed by atoms with Gasteiger partial charge < -0.3 is 40.4 Å². The Kier molecular flexibility index (Phi) is 7.88. The van der Waals surface area contributed by atoms with Gasteiger partial charge in [0.2, 0.25) is 0 Å². The largest absolute Gasteiger partial charge is 0.507 e. The van der Waals surface area contributed by atoms with Crippen molar-refractivity contribution in [1.82, 2.24) is 0 Å². The third kappa shape index (κ3) is 5.34. The van der Waals surface area contributed by atoms with Gasteiger partial charge in [-0.05, 0) is 26.0 Å². The first-order chi connectivity index (χ1) is 21.4. The van der Waals surface area contributed by atoms with Gasteiger partial charge in [-0.2, -0.15) is 0 Å². The number of ether oxygens (including phenoxy) is 3.